The van der Waals surface area contributed by atoms with E-state index in [1.54, 1.807) is 23.1 Å². The zero-order valence-electron chi connectivity index (χ0n) is 13.4. The summed E-state index contributed by atoms with van der Waals surface area (Å²) in [4.78, 5) is 16.4. The molecule has 1 aromatic carbocycles. The SMILES string of the molecule is C=C1C=CC(N2CCNCC2)=CN1C(=O)C=Cc1cccc(Cl)c1. The van der Waals surface area contributed by atoms with Crippen molar-refractivity contribution in [2.45, 2.75) is 0 Å². The van der Waals surface area contributed by atoms with Gasteiger partial charge < -0.3 is 10.2 Å². The molecule has 24 heavy (non-hydrogen) atoms. The van der Waals surface area contributed by atoms with Gasteiger partial charge >= 0.3 is 0 Å². The Hall–Kier alpha value is -2.30. The van der Waals surface area contributed by atoms with Crippen LogP contribution in [-0.4, -0.2) is 41.9 Å². The van der Waals surface area contributed by atoms with Crippen molar-refractivity contribution in [3.8, 4) is 0 Å². The summed E-state index contributed by atoms with van der Waals surface area (Å²) in [7, 11) is 0. The number of carbonyl (C=O) groups excluding carboxylic acids is 1. The number of allylic oxidation sites excluding steroid dienone is 2. The van der Waals surface area contributed by atoms with Gasteiger partial charge in [0.2, 0.25) is 0 Å². The van der Waals surface area contributed by atoms with Gasteiger partial charge in [0.25, 0.3) is 5.91 Å². The molecule has 1 saturated heterocycles. The number of nitrogens with zero attached hydrogens (tertiary/aromatic N) is 2. The van der Waals surface area contributed by atoms with Crippen LogP contribution in [0.15, 0.2) is 66.7 Å². The first kappa shape index (κ1) is 16.6. The molecule has 1 fully saturated rings. The second-order valence-corrected chi connectivity index (χ2v) is 6.15. The molecule has 0 aromatic heterocycles. The van der Waals surface area contributed by atoms with Gasteiger partial charge in [0.05, 0.1) is 5.70 Å². The summed E-state index contributed by atoms with van der Waals surface area (Å²) in [6, 6.07) is 7.39. The maximum atomic E-state index is 12.5. The highest BCUT2D eigenvalue weighted by atomic mass is 35.5. The van der Waals surface area contributed by atoms with Gasteiger partial charge in [-0.25, -0.2) is 0 Å². The molecule has 1 amide bonds. The number of carbonyl (C=O) groups is 1. The Morgan fingerprint density at radius 2 is 2.04 bits per heavy atom. The summed E-state index contributed by atoms with van der Waals surface area (Å²) in [6.07, 6.45) is 9.05. The second-order valence-electron chi connectivity index (χ2n) is 5.71. The Kier molecular flexibility index (Phi) is 5.18. The average Bonchev–Trinajstić information content (AvgIpc) is 2.61. The standard InChI is InChI=1S/C19H20ClN3O/c1-15-5-7-18(22-11-9-21-10-12-22)14-23(15)19(24)8-6-16-3-2-4-17(20)13-16/h2-8,13-14,21H,1,9-12H2. The average molecular weight is 342 g/mol. The molecule has 0 unspecified atom stereocenters. The van der Waals surface area contributed by atoms with Crippen LogP contribution in [0.3, 0.4) is 0 Å². The number of amides is 1. The lowest BCUT2D eigenvalue weighted by Gasteiger charge is -2.33. The molecule has 0 aliphatic carbocycles. The molecule has 0 saturated carbocycles. The van der Waals surface area contributed by atoms with E-state index in [1.165, 1.54) is 0 Å². The zero-order valence-corrected chi connectivity index (χ0v) is 14.2. The van der Waals surface area contributed by atoms with Gasteiger partial charge in [0.1, 0.15) is 0 Å². The number of halogens is 1. The van der Waals surface area contributed by atoms with Crippen molar-refractivity contribution in [3.63, 3.8) is 0 Å². The highest BCUT2D eigenvalue weighted by Gasteiger charge is 2.19. The first-order valence-electron chi connectivity index (χ1n) is 7.95. The summed E-state index contributed by atoms with van der Waals surface area (Å²) in [6.45, 7) is 7.73. The quantitative estimate of drug-likeness (QED) is 0.858. The van der Waals surface area contributed by atoms with Gasteiger partial charge in [0, 0.05) is 49.2 Å². The first-order chi connectivity index (χ1) is 11.6. The summed E-state index contributed by atoms with van der Waals surface area (Å²) >= 11 is 5.96. The number of nitrogens with one attached hydrogen (secondary N) is 1. The lowest BCUT2D eigenvalue weighted by atomic mass is 10.2. The molecule has 3 rings (SSSR count). The van der Waals surface area contributed by atoms with Gasteiger partial charge in [0.15, 0.2) is 0 Å². The number of benzene rings is 1. The summed E-state index contributed by atoms with van der Waals surface area (Å²) < 4.78 is 0. The van der Waals surface area contributed by atoms with Gasteiger partial charge in [-0.1, -0.05) is 30.3 Å². The molecular formula is C19H20ClN3O. The monoisotopic (exact) mass is 341 g/mol. The molecule has 5 heteroatoms. The molecule has 1 N–H and O–H groups in total. The maximum absolute atomic E-state index is 12.5. The minimum Gasteiger partial charge on any atom is -0.368 e. The van der Waals surface area contributed by atoms with E-state index < -0.39 is 0 Å². The molecule has 0 spiro atoms. The summed E-state index contributed by atoms with van der Waals surface area (Å²) in [5.74, 6) is -0.128. The van der Waals surface area contributed by atoms with E-state index in [2.05, 4.69) is 16.8 Å². The molecule has 0 radical (unpaired) electrons. The van der Waals surface area contributed by atoms with Crippen molar-refractivity contribution in [1.82, 2.24) is 15.1 Å². The van der Waals surface area contributed by atoms with Crippen molar-refractivity contribution < 1.29 is 4.79 Å². The number of piperazine rings is 1. The largest absolute Gasteiger partial charge is 0.368 e. The van der Waals surface area contributed by atoms with Crippen molar-refractivity contribution in [1.29, 1.82) is 0 Å². The molecule has 2 aliphatic heterocycles. The summed E-state index contributed by atoms with van der Waals surface area (Å²) in [5, 5.41) is 3.98. The predicted molar refractivity (Wildman–Crippen MR) is 98.1 cm³/mol. The van der Waals surface area contributed by atoms with Crippen molar-refractivity contribution in [2.75, 3.05) is 26.2 Å². The van der Waals surface area contributed by atoms with Crippen molar-refractivity contribution in [2.24, 2.45) is 0 Å². The van der Waals surface area contributed by atoms with Crippen molar-refractivity contribution in [3.05, 3.63) is 77.3 Å². The third kappa shape index (κ3) is 3.96. The smallest absolute Gasteiger partial charge is 0.255 e. The van der Waals surface area contributed by atoms with Crippen LogP contribution in [0, 0.1) is 0 Å². The van der Waals surface area contributed by atoms with E-state index in [-0.39, 0.29) is 5.91 Å². The topological polar surface area (TPSA) is 35.6 Å². The normalized spacial score (nSPS) is 18.2. The van der Waals surface area contributed by atoms with Crippen LogP contribution >= 0.6 is 11.6 Å². The van der Waals surface area contributed by atoms with E-state index in [9.17, 15) is 4.79 Å². The number of hydrogen-bond acceptors (Lipinski definition) is 3. The van der Waals surface area contributed by atoms with Gasteiger partial charge in [-0.05, 0) is 35.9 Å². The van der Waals surface area contributed by atoms with Crippen LogP contribution in [0.1, 0.15) is 5.56 Å². The molecule has 4 nitrogen and oxygen atoms in total. The number of hydrogen-bond donors (Lipinski definition) is 1. The zero-order chi connectivity index (χ0) is 16.9. The van der Waals surface area contributed by atoms with Crippen LogP contribution in [0.5, 0.6) is 0 Å². The Morgan fingerprint density at radius 3 is 2.79 bits per heavy atom. The first-order valence-corrected chi connectivity index (χ1v) is 8.32. The Bertz CT molecular complexity index is 730. The van der Waals surface area contributed by atoms with E-state index in [4.69, 9.17) is 11.6 Å². The molecule has 0 atom stereocenters. The fraction of sp³-hybridized carbons (Fsp3) is 0.211. The van der Waals surface area contributed by atoms with Gasteiger partial charge in [-0.2, -0.15) is 0 Å². The van der Waals surface area contributed by atoms with Crippen LogP contribution in [-0.2, 0) is 4.79 Å². The molecular weight excluding hydrogens is 322 g/mol. The van der Waals surface area contributed by atoms with E-state index in [0.717, 1.165) is 37.4 Å². The highest BCUT2D eigenvalue weighted by molar-refractivity contribution is 6.30. The molecule has 0 bridgehead atoms. The lowest BCUT2D eigenvalue weighted by Crippen LogP contribution is -2.43. The maximum Gasteiger partial charge on any atom is 0.255 e. The third-order valence-corrected chi connectivity index (χ3v) is 4.24. The summed E-state index contributed by atoms with van der Waals surface area (Å²) in [5.41, 5.74) is 2.59. The van der Waals surface area contributed by atoms with Gasteiger partial charge in [-0.3, -0.25) is 9.69 Å². The van der Waals surface area contributed by atoms with Crippen LogP contribution < -0.4 is 5.32 Å². The third-order valence-electron chi connectivity index (χ3n) is 4.00. The van der Waals surface area contributed by atoms with Gasteiger partial charge in [-0.15, -0.1) is 0 Å². The number of rotatable bonds is 3. The van der Waals surface area contributed by atoms with Crippen molar-refractivity contribution >= 4 is 23.6 Å². The molecule has 1 aromatic rings. The lowest BCUT2D eigenvalue weighted by molar-refractivity contribution is -0.122. The van der Waals surface area contributed by atoms with Crippen LogP contribution in [0.2, 0.25) is 5.02 Å². The Morgan fingerprint density at radius 1 is 1.25 bits per heavy atom. The second kappa shape index (κ2) is 7.51. The fourth-order valence-electron chi connectivity index (χ4n) is 2.69. The van der Waals surface area contributed by atoms with E-state index in [1.807, 2.05) is 36.6 Å². The Labute approximate surface area is 147 Å². The molecule has 2 aliphatic rings. The Balaban J connectivity index is 1.74. The molecule has 2 heterocycles. The predicted octanol–water partition coefficient (Wildman–Crippen LogP) is 3.01. The fourth-order valence-corrected chi connectivity index (χ4v) is 2.89. The van der Waals surface area contributed by atoms with Crippen LogP contribution in [0.4, 0.5) is 0 Å². The van der Waals surface area contributed by atoms with E-state index >= 15 is 0 Å². The molecule has 124 valence electrons. The highest BCUT2D eigenvalue weighted by Crippen LogP contribution is 2.20. The van der Waals surface area contributed by atoms with Crippen LogP contribution in [0.25, 0.3) is 6.08 Å². The minimum absolute atomic E-state index is 0.128. The minimum atomic E-state index is -0.128. The van der Waals surface area contributed by atoms with E-state index in [0.29, 0.717) is 10.7 Å².